The van der Waals surface area contributed by atoms with Crippen LogP contribution in [0.5, 0.6) is 0 Å². The van der Waals surface area contributed by atoms with Gasteiger partial charge < -0.3 is 36.0 Å². The normalized spacial score (nSPS) is 12.5. The number of ether oxygens (including phenoxy) is 2. The molecule has 1 N–H and O–H groups in total. The molecule has 0 aliphatic rings. The molecule has 5 heteroatoms. The van der Waals surface area contributed by atoms with Gasteiger partial charge in [-0.05, 0) is 12.8 Å². The van der Waals surface area contributed by atoms with Gasteiger partial charge in [0.2, 0.25) is 0 Å². The van der Waals surface area contributed by atoms with Crippen molar-refractivity contribution in [1.29, 1.82) is 0 Å². The van der Waals surface area contributed by atoms with E-state index in [-0.39, 0.29) is 29.7 Å². The SMILES string of the molecule is CCCCCCCCCCCCCCOCC(C[N+](C)(C)CCO)OCCCCCCCCCCCCCC.[Br-]. The van der Waals surface area contributed by atoms with Gasteiger partial charge in [0.05, 0.1) is 27.3 Å². The van der Waals surface area contributed by atoms with Crippen molar-refractivity contribution < 1.29 is 36.0 Å². The molecule has 0 saturated heterocycles. The quantitative estimate of drug-likeness (QED) is 0.0632. The molecule has 244 valence electrons. The zero-order valence-electron chi connectivity index (χ0n) is 27.9. The molecule has 0 aromatic carbocycles. The average molecular weight is 637 g/mol. The van der Waals surface area contributed by atoms with Gasteiger partial charge in [0, 0.05) is 13.2 Å². The van der Waals surface area contributed by atoms with Crippen molar-refractivity contribution >= 4 is 0 Å². The fraction of sp³-hybridized carbons (Fsp3) is 1.00. The molecule has 40 heavy (non-hydrogen) atoms. The maximum Gasteiger partial charge on any atom is 0.130 e. The molecule has 1 unspecified atom stereocenters. The van der Waals surface area contributed by atoms with Crippen molar-refractivity contribution in [3.8, 4) is 0 Å². The van der Waals surface area contributed by atoms with E-state index in [1.54, 1.807) is 0 Å². The van der Waals surface area contributed by atoms with Gasteiger partial charge in [-0.2, -0.15) is 0 Å². The second-order valence-corrected chi connectivity index (χ2v) is 12.9. The second kappa shape index (κ2) is 33.8. The van der Waals surface area contributed by atoms with Gasteiger partial charge in [-0.1, -0.05) is 155 Å². The van der Waals surface area contributed by atoms with Crippen LogP contribution in [-0.2, 0) is 9.47 Å². The van der Waals surface area contributed by atoms with E-state index in [1.807, 2.05) is 0 Å². The molecule has 1 atom stereocenters. The largest absolute Gasteiger partial charge is 1.00 e. The van der Waals surface area contributed by atoms with E-state index >= 15 is 0 Å². The predicted molar refractivity (Wildman–Crippen MR) is 172 cm³/mol. The molecule has 0 heterocycles. The molecule has 0 spiro atoms. The molecule has 0 fully saturated rings. The minimum Gasteiger partial charge on any atom is -1.00 e. The van der Waals surface area contributed by atoms with E-state index in [2.05, 4.69) is 27.9 Å². The molecule has 0 aromatic heterocycles. The highest BCUT2D eigenvalue weighted by Gasteiger charge is 2.22. The van der Waals surface area contributed by atoms with Crippen LogP contribution in [0.1, 0.15) is 168 Å². The number of aliphatic hydroxyl groups excluding tert-OH is 1. The van der Waals surface area contributed by atoms with Gasteiger partial charge in [0.15, 0.2) is 0 Å². The van der Waals surface area contributed by atoms with Crippen molar-refractivity contribution in [3.05, 3.63) is 0 Å². The van der Waals surface area contributed by atoms with Crippen molar-refractivity contribution in [2.75, 3.05) is 53.6 Å². The molecular weight excluding hydrogens is 562 g/mol. The summed E-state index contributed by atoms with van der Waals surface area (Å²) in [5.74, 6) is 0. The highest BCUT2D eigenvalue weighted by atomic mass is 79.9. The van der Waals surface area contributed by atoms with E-state index in [0.717, 1.165) is 43.6 Å². The van der Waals surface area contributed by atoms with Crippen molar-refractivity contribution in [1.82, 2.24) is 0 Å². The Hall–Kier alpha value is 0.320. The van der Waals surface area contributed by atoms with Crippen LogP contribution in [0.2, 0.25) is 0 Å². The summed E-state index contributed by atoms with van der Waals surface area (Å²) < 4.78 is 13.2. The predicted octanol–water partition coefficient (Wildman–Crippen LogP) is 6.86. The lowest BCUT2D eigenvalue weighted by Gasteiger charge is -2.32. The van der Waals surface area contributed by atoms with Gasteiger partial charge in [-0.25, -0.2) is 0 Å². The summed E-state index contributed by atoms with van der Waals surface area (Å²) in [6.07, 6.45) is 33.0. The summed E-state index contributed by atoms with van der Waals surface area (Å²) in [6, 6.07) is 0. The number of aliphatic hydroxyl groups is 1. The van der Waals surface area contributed by atoms with Crippen LogP contribution < -0.4 is 17.0 Å². The minimum atomic E-state index is 0. The number of halogens is 1. The van der Waals surface area contributed by atoms with E-state index in [9.17, 15) is 5.11 Å². The van der Waals surface area contributed by atoms with Crippen LogP contribution in [-0.4, -0.2) is 69.3 Å². The monoisotopic (exact) mass is 635 g/mol. The topological polar surface area (TPSA) is 38.7 Å². The molecule has 0 radical (unpaired) electrons. The lowest BCUT2D eigenvalue weighted by molar-refractivity contribution is -0.893. The Balaban J connectivity index is 0. The van der Waals surface area contributed by atoms with Gasteiger partial charge in [-0.3, -0.25) is 0 Å². The highest BCUT2D eigenvalue weighted by Crippen LogP contribution is 2.14. The van der Waals surface area contributed by atoms with Gasteiger partial charge in [0.1, 0.15) is 19.2 Å². The molecule has 0 rings (SSSR count). The summed E-state index contributed by atoms with van der Waals surface area (Å²) in [7, 11) is 4.36. The fourth-order valence-corrected chi connectivity index (χ4v) is 5.52. The number of hydrogen-bond donors (Lipinski definition) is 1. The molecule has 0 aliphatic carbocycles. The summed E-state index contributed by atoms with van der Waals surface area (Å²) in [4.78, 5) is 0. The third-order valence-corrected chi connectivity index (χ3v) is 8.20. The molecule has 4 nitrogen and oxygen atoms in total. The van der Waals surface area contributed by atoms with Gasteiger partial charge in [0.25, 0.3) is 0 Å². The Morgan fingerprint density at radius 2 is 0.875 bits per heavy atom. The Morgan fingerprint density at radius 1 is 0.525 bits per heavy atom. The minimum absolute atomic E-state index is 0. The zero-order chi connectivity index (χ0) is 28.7. The van der Waals surface area contributed by atoms with E-state index in [4.69, 9.17) is 9.47 Å². The third-order valence-electron chi connectivity index (χ3n) is 8.20. The Bertz CT molecular complexity index is 464. The van der Waals surface area contributed by atoms with Gasteiger partial charge >= 0.3 is 0 Å². The van der Waals surface area contributed by atoms with Crippen LogP contribution in [0, 0.1) is 0 Å². The standard InChI is InChI=1S/C35H74NO3.BrH/c1-5-7-9-11-13-15-17-19-21-23-25-27-31-38-34-35(33-36(3,4)29-30-37)39-32-28-26-24-22-20-18-16-14-12-10-8-6-2;/h35,37H,5-34H2,1-4H3;1H/q+1;/p-1. The zero-order valence-corrected chi connectivity index (χ0v) is 29.5. The summed E-state index contributed by atoms with van der Waals surface area (Å²) in [5, 5.41) is 9.43. The van der Waals surface area contributed by atoms with Crippen LogP contribution >= 0.6 is 0 Å². The number of likely N-dealkylation sites (N-methyl/N-ethyl adjacent to an activating group) is 1. The molecule has 0 aliphatic heterocycles. The van der Waals surface area contributed by atoms with Crippen molar-refractivity contribution in [2.45, 2.75) is 174 Å². The van der Waals surface area contributed by atoms with Crippen molar-refractivity contribution in [2.24, 2.45) is 0 Å². The second-order valence-electron chi connectivity index (χ2n) is 12.9. The van der Waals surface area contributed by atoms with Gasteiger partial charge in [-0.15, -0.1) is 0 Å². The van der Waals surface area contributed by atoms with Crippen LogP contribution in [0.15, 0.2) is 0 Å². The molecule has 0 amide bonds. The number of hydrogen-bond acceptors (Lipinski definition) is 3. The van der Waals surface area contributed by atoms with Crippen LogP contribution in [0.4, 0.5) is 0 Å². The van der Waals surface area contributed by atoms with Crippen LogP contribution in [0.25, 0.3) is 0 Å². The molecular formula is C35H74BrNO3. The van der Waals surface area contributed by atoms with E-state index in [0.29, 0.717) is 6.61 Å². The maximum atomic E-state index is 9.43. The van der Waals surface area contributed by atoms with Crippen molar-refractivity contribution in [3.63, 3.8) is 0 Å². The maximum absolute atomic E-state index is 9.43. The number of rotatable bonds is 33. The Kier molecular flexibility index (Phi) is 35.9. The Labute approximate surface area is 263 Å². The average Bonchev–Trinajstić information content (AvgIpc) is 2.91. The first-order valence-electron chi connectivity index (χ1n) is 17.7. The number of unbranched alkanes of at least 4 members (excludes halogenated alkanes) is 22. The third kappa shape index (κ3) is 32.8. The van der Waals surface area contributed by atoms with E-state index < -0.39 is 0 Å². The van der Waals surface area contributed by atoms with E-state index in [1.165, 1.54) is 141 Å². The highest BCUT2D eigenvalue weighted by molar-refractivity contribution is 4.58. The fourth-order valence-electron chi connectivity index (χ4n) is 5.52. The number of quaternary nitrogens is 1. The van der Waals surface area contributed by atoms with Crippen LogP contribution in [0.3, 0.4) is 0 Å². The summed E-state index contributed by atoms with van der Waals surface area (Å²) in [5.41, 5.74) is 0. The smallest absolute Gasteiger partial charge is 0.130 e. The lowest BCUT2D eigenvalue weighted by atomic mass is 10.1. The lowest BCUT2D eigenvalue weighted by Crippen LogP contribution is -3.00. The molecule has 0 bridgehead atoms. The first kappa shape index (κ1) is 42.5. The molecule has 0 aromatic rings. The molecule has 0 saturated carbocycles. The Morgan fingerprint density at radius 3 is 1.25 bits per heavy atom. The first-order chi connectivity index (χ1) is 19.1. The number of nitrogens with zero attached hydrogens (tertiary/aromatic N) is 1. The summed E-state index contributed by atoms with van der Waals surface area (Å²) >= 11 is 0. The first-order valence-corrected chi connectivity index (χ1v) is 17.7. The summed E-state index contributed by atoms with van der Waals surface area (Å²) in [6.45, 7) is 8.83.